The first-order valence-corrected chi connectivity index (χ1v) is 10.4. The lowest BCUT2D eigenvalue weighted by Gasteiger charge is -2.15. The third-order valence-corrected chi connectivity index (χ3v) is 5.85. The Labute approximate surface area is 123 Å². The molecule has 0 saturated heterocycles. The first-order chi connectivity index (χ1) is 9.82. The van der Waals surface area contributed by atoms with E-state index >= 15 is 0 Å². The largest absolute Gasteiger partial charge is 0.356 e. The van der Waals surface area contributed by atoms with Gasteiger partial charge in [0.1, 0.15) is 0 Å². The van der Waals surface area contributed by atoms with E-state index in [1.54, 1.807) is 0 Å². The molecule has 6 N–H and O–H groups in total. The molecular weight excluding hydrogens is 357 g/mol. The van der Waals surface area contributed by atoms with Crippen LogP contribution in [0, 0.1) is 0 Å². The monoisotopic (exact) mass is 368 g/mol. The van der Waals surface area contributed by atoms with Gasteiger partial charge in [-0.1, -0.05) is 12.1 Å². The molecule has 0 spiro atoms. The predicted molar refractivity (Wildman–Crippen MR) is 79.0 cm³/mol. The maximum Gasteiger partial charge on any atom is 0.356 e. The molecule has 0 unspecified atom stereocenters. The summed E-state index contributed by atoms with van der Waals surface area (Å²) in [5.74, 6) is 0. The van der Waals surface area contributed by atoms with Crippen molar-refractivity contribution in [1.82, 2.24) is 0 Å². The van der Waals surface area contributed by atoms with Crippen LogP contribution in [0.1, 0.15) is 0 Å². The zero-order valence-corrected chi connectivity index (χ0v) is 13.3. The maximum atomic E-state index is 11.5. The van der Waals surface area contributed by atoms with E-state index < -0.39 is 38.7 Å². The van der Waals surface area contributed by atoms with Crippen molar-refractivity contribution in [2.45, 2.75) is 0 Å². The molecule has 0 aromatic heterocycles. The minimum absolute atomic E-state index is 0.189. The summed E-state index contributed by atoms with van der Waals surface area (Å²) in [5.41, 5.74) is 0. The van der Waals surface area contributed by atoms with Crippen molar-refractivity contribution in [2.75, 3.05) is 0 Å². The predicted octanol–water partition coefficient (Wildman–Crippen LogP) is -0.751. The van der Waals surface area contributed by atoms with E-state index in [1.165, 1.54) is 12.1 Å². The fraction of sp³-hybridized carbons (Fsp3) is 0. The van der Waals surface area contributed by atoms with Gasteiger partial charge in [0, 0.05) is 0 Å². The van der Waals surface area contributed by atoms with Crippen LogP contribution in [0.3, 0.4) is 0 Å². The lowest BCUT2D eigenvalue weighted by molar-refractivity contribution is 0.384. The van der Waals surface area contributed by atoms with E-state index in [9.17, 15) is 43.1 Å². The Morgan fingerprint density at radius 1 is 0.636 bits per heavy atom. The van der Waals surface area contributed by atoms with Gasteiger partial charge in [-0.3, -0.25) is 13.7 Å². The normalized spacial score (nSPS) is 13.5. The highest BCUT2D eigenvalue weighted by Crippen LogP contribution is 2.42. The van der Waals surface area contributed by atoms with E-state index in [1.807, 2.05) is 0 Å². The molecule has 0 atom stereocenters. The summed E-state index contributed by atoms with van der Waals surface area (Å²) in [5, 5.41) is -2.53. The Bertz CT molecular complexity index is 888. The van der Waals surface area contributed by atoms with Gasteiger partial charge in [0.15, 0.2) is 0 Å². The molecule has 2 aromatic carbocycles. The van der Waals surface area contributed by atoms with Gasteiger partial charge in [-0.25, -0.2) is 0 Å². The smallest absolute Gasteiger partial charge is 0.321 e. The highest BCUT2D eigenvalue weighted by atomic mass is 31.2. The molecule has 0 saturated carbocycles. The van der Waals surface area contributed by atoms with Gasteiger partial charge in [0.2, 0.25) is 0 Å². The summed E-state index contributed by atoms with van der Waals surface area (Å²) < 4.78 is 34.4. The molecule has 2 rings (SSSR count). The second-order valence-corrected chi connectivity index (χ2v) is 9.21. The SMILES string of the molecule is O=P(O)(O)c1cc(P(=O)(O)O)c2cccc(P(=O)(O)O)c2c1. The second-order valence-electron chi connectivity index (χ2n) is 4.47. The van der Waals surface area contributed by atoms with Crippen molar-refractivity contribution in [3.8, 4) is 0 Å². The molecule has 0 radical (unpaired) electrons. The Balaban J connectivity index is 3.06. The van der Waals surface area contributed by atoms with Crippen molar-refractivity contribution in [1.29, 1.82) is 0 Å². The summed E-state index contributed by atoms with van der Waals surface area (Å²) in [7, 11) is -14.6. The Hall–Kier alpha value is -0.850. The number of fused-ring (bicyclic) bond motifs is 1. The van der Waals surface area contributed by atoms with Crippen LogP contribution in [-0.2, 0) is 13.7 Å². The Morgan fingerprint density at radius 2 is 1.18 bits per heavy atom. The molecule has 0 bridgehead atoms. The first kappa shape index (κ1) is 17.5. The van der Waals surface area contributed by atoms with Crippen molar-refractivity contribution in [3.63, 3.8) is 0 Å². The van der Waals surface area contributed by atoms with Gasteiger partial charge >= 0.3 is 22.8 Å². The molecule has 22 heavy (non-hydrogen) atoms. The molecule has 0 aliphatic rings. The number of hydrogen-bond acceptors (Lipinski definition) is 3. The number of rotatable bonds is 3. The third kappa shape index (κ3) is 3.39. The Kier molecular flexibility index (Phi) is 4.26. The highest BCUT2D eigenvalue weighted by molar-refractivity contribution is 7.62. The summed E-state index contributed by atoms with van der Waals surface area (Å²) >= 11 is 0. The van der Waals surface area contributed by atoms with Gasteiger partial charge in [-0.2, -0.15) is 0 Å². The van der Waals surface area contributed by atoms with E-state index in [-0.39, 0.29) is 10.8 Å². The van der Waals surface area contributed by atoms with Crippen LogP contribution in [-0.4, -0.2) is 29.4 Å². The van der Waals surface area contributed by atoms with E-state index in [0.717, 1.165) is 12.1 Å². The summed E-state index contributed by atoms with van der Waals surface area (Å²) in [6, 6.07) is 4.88. The minimum Gasteiger partial charge on any atom is -0.321 e. The van der Waals surface area contributed by atoms with E-state index in [0.29, 0.717) is 6.07 Å². The van der Waals surface area contributed by atoms with Crippen LogP contribution < -0.4 is 15.9 Å². The topological polar surface area (TPSA) is 173 Å². The Morgan fingerprint density at radius 3 is 1.64 bits per heavy atom. The minimum atomic E-state index is -4.93. The van der Waals surface area contributed by atoms with Crippen molar-refractivity contribution < 1.29 is 43.1 Å². The summed E-state index contributed by atoms with van der Waals surface area (Å²) in [6.07, 6.45) is 0. The number of hydrogen-bond donors (Lipinski definition) is 6. The summed E-state index contributed by atoms with van der Waals surface area (Å²) in [6.45, 7) is 0. The van der Waals surface area contributed by atoms with Gasteiger partial charge in [0.05, 0.1) is 15.9 Å². The maximum absolute atomic E-state index is 11.5. The van der Waals surface area contributed by atoms with E-state index in [2.05, 4.69) is 0 Å². The van der Waals surface area contributed by atoms with Crippen LogP contribution in [0.15, 0.2) is 30.3 Å². The lowest BCUT2D eigenvalue weighted by Crippen LogP contribution is -2.18. The quantitative estimate of drug-likeness (QED) is 0.381. The fourth-order valence-corrected chi connectivity index (χ4v) is 4.29. The standard InChI is InChI=1S/C10H11O9P3/c11-20(12,13)6-4-8-7(10(5-6)22(17,18)19)2-1-3-9(8)21(14,15)16/h1-5H,(H2,11,12,13)(H2,14,15,16)(H2,17,18,19). The van der Waals surface area contributed by atoms with Gasteiger partial charge in [-0.05, 0) is 29.0 Å². The molecule has 2 aromatic rings. The molecular formula is C10H11O9P3. The van der Waals surface area contributed by atoms with Crippen LogP contribution in [0.4, 0.5) is 0 Å². The zero-order chi connectivity index (χ0) is 16.9. The second kappa shape index (κ2) is 5.35. The van der Waals surface area contributed by atoms with Crippen LogP contribution in [0.2, 0.25) is 0 Å². The first-order valence-electron chi connectivity index (χ1n) is 5.57. The average Bonchev–Trinajstić information content (AvgIpc) is 2.33. The molecule has 12 heteroatoms. The molecule has 120 valence electrons. The van der Waals surface area contributed by atoms with Crippen molar-refractivity contribution >= 4 is 49.5 Å². The molecule has 0 amide bonds. The van der Waals surface area contributed by atoms with Gasteiger partial charge in [-0.15, -0.1) is 0 Å². The van der Waals surface area contributed by atoms with Gasteiger partial charge < -0.3 is 29.4 Å². The van der Waals surface area contributed by atoms with E-state index in [4.69, 9.17) is 0 Å². The molecule has 9 nitrogen and oxygen atoms in total. The van der Waals surface area contributed by atoms with Crippen LogP contribution in [0.25, 0.3) is 10.8 Å². The van der Waals surface area contributed by atoms with Gasteiger partial charge in [0.25, 0.3) is 0 Å². The highest BCUT2D eigenvalue weighted by Gasteiger charge is 2.29. The number of benzene rings is 2. The molecule has 0 fully saturated rings. The van der Waals surface area contributed by atoms with Crippen LogP contribution in [0.5, 0.6) is 0 Å². The molecule has 0 aliphatic carbocycles. The van der Waals surface area contributed by atoms with Crippen LogP contribution >= 0.6 is 22.8 Å². The van der Waals surface area contributed by atoms with Crippen molar-refractivity contribution in [3.05, 3.63) is 30.3 Å². The molecule has 0 aliphatic heterocycles. The summed E-state index contributed by atoms with van der Waals surface area (Å²) in [4.78, 5) is 55.7. The van der Waals surface area contributed by atoms with Crippen molar-refractivity contribution in [2.24, 2.45) is 0 Å². The average molecular weight is 368 g/mol. The molecule has 0 heterocycles. The fourth-order valence-electron chi connectivity index (χ4n) is 2.00. The zero-order valence-electron chi connectivity index (χ0n) is 10.6. The third-order valence-electron chi connectivity index (χ3n) is 2.90. The lowest BCUT2D eigenvalue weighted by atomic mass is 10.1.